The van der Waals surface area contributed by atoms with Gasteiger partial charge in [-0.25, -0.2) is 14.8 Å². The van der Waals surface area contributed by atoms with Gasteiger partial charge in [0.05, 0.1) is 6.54 Å². The smallest absolute Gasteiger partial charge is 0.328 e. The average Bonchev–Trinajstić information content (AvgIpc) is 3.23. The third-order valence-corrected chi connectivity index (χ3v) is 3.58. The minimum absolute atomic E-state index is 0.0330. The van der Waals surface area contributed by atoms with Gasteiger partial charge < -0.3 is 5.32 Å². The van der Waals surface area contributed by atoms with Crippen molar-refractivity contribution in [2.24, 2.45) is 0 Å². The van der Waals surface area contributed by atoms with E-state index in [0.29, 0.717) is 18.4 Å². The minimum atomic E-state index is 0.0330. The molecule has 2 heterocycles. The molecule has 0 amide bonds. The first-order chi connectivity index (χ1) is 10.2. The fourth-order valence-electron chi connectivity index (χ4n) is 2.38. The molecule has 2 aromatic heterocycles. The van der Waals surface area contributed by atoms with Crippen LogP contribution < -0.4 is 11.0 Å². The van der Waals surface area contributed by atoms with Crippen LogP contribution in [0.15, 0.2) is 23.3 Å². The van der Waals surface area contributed by atoms with E-state index in [0.717, 1.165) is 37.3 Å². The molecule has 0 atom stereocenters. The first kappa shape index (κ1) is 13.9. The molecule has 0 bridgehead atoms. The summed E-state index contributed by atoms with van der Waals surface area (Å²) in [7, 11) is 0. The van der Waals surface area contributed by atoms with Gasteiger partial charge in [0, 0.05) is 36.7 Å². The lowest BCUT2D eigenvalue weighted by Gasteiger charge is -2.08. The van der Waals surface area contributed by atoms with Crippen LogP contribution in [0.1, 0.15) is 43.7 Å². The zero-order chi connectivity index (χ0) is 14.8. The van der Waals surface area contributed by atoms with Gasteiger partial charge in [0.15, 0.2) is 5.82 Å². The van der Waals surface area contributed by atoms with Crippen LogP contribution in [-0.4, -0.2) is 25.6 Å². The zero-order valence-corrected chi connectivity index (χ0v) is 12.5. The van der Waals surface area contributed by atoms with Crippen molar-refractivity contribution >= 4 is 5.82 Å². The Morgan fingerprint density at radius 2 is 2.14 bits per heavy atom. The van der Waals surface area contributed by atoms with Gasteiger partial charge in [0.1, 0.15) is 5.82 Å². The molecule has 0 radical (unpaired) electrons. The van der Waals surface area contributed by atoms with Crippen LogP contribution in [0.3, 0.4) is 0 Å². The van der Waals surface area contributed by atoms with Crippen LogP contribution in [0, 0.1) is 6.92 Å². The van der Waals surface area contributed by atoms with Gasteiger partial charge in [-0.15, -0.1) is 0 Å². The lowest BCUT2D eigenvalue weighted by atomic mass is 10.4. The molecule has 2 aromatic rings. The normalized spacial score (nSPS) is 14.4. The van der Waals surface area contributed by atoms with Gasteiger partial charge in [-0.3, -0.25) is 9.13 Å². The van der Waals surface area contributed by atoms with Crippen molar-refractivity contribution in [1.29, 1.82) is 0 Å². The summed E-state index contributed by atoms with van der Waals surface area (Å²) in [6.07, 6.45) is 6.95. The van der Waals surface area contributed by atoms with Gasteiger partial charge in [0.2, 0.25) is 0 Å². The van der Waals surface area contributed by atoms with Crippen LogP contribution >= 0.6 is 0 Å². The summed E-state index contributed by atoms with van der Waals surface area (Å²) >= 11 is 0. The molecule has 0 aromatic carbocycles. The van der Waals surface area contributed by atoms with Crippen LogP contribution in [0.25, 0.3) is 0 Å². The third-order valence-electron chi connectivity index (χ3n) is 3.58. The number of aryl methyl sites for hydroxylation is 1. The Balaban J connectivity index is 1.80. The van der Waals surface area contributed by atoms with Crippen molar-refractivity contribution in [3.05, 3.63) is 40.5 Å². The number of nitrogens with one attached hydrogen (secondary N) is 1. The molecule has 112 valence electrons. The molecule has 0 aliphatic heterocycles. The summed E-state index contributed by atoms with van der Waals surface area (Å²) in [5, 5.41) is 3.27. The maximum absolute atomic E-state index is 12.3. The van der Waals surface area contributed by atoms with Gasteiger partial charge >= 0.3 is 5.69 Å². The van der Waals surface area contributed by atoms with Crippen LogP contribution in [0.4, 0.5) is 5.82 Å². The maximum atomic E-state index is 12.3. The standard InChI is InChI=1S/C15H21N5O/c1-3-6-16-13-9-11(2)17-14(18-13)10-19-7-8-20(15(19)21)12-4-5-12/h7-9,12H,3-6,10H2,1-2H3,(H,16,17,18). The first-order valence-corrected chi connectivity index (χ1v) is 7.53. The van der Waals surface area contributed by atoms with E-state index in [-0.39, 0.29) is 5.69 Å². The van der Waals surface area contributed by atoms with E-state index < -0.39 is 0 Å². The average molecular weight is 287 g/mol. The fourth-order valence-corrected chi connectivity index (χ4v) is 2.38. The quantitative estimate of drug-likeness (QED) is 0.882. The number of hydrogen-bond acceptors (Lipinski definition) is 4. The number of anilines is 1. The Labute approximate surface area is 123 Å². The highest BCUT2D eigenvalue weighted by Crippen LogP contribution is 2.33. The molecular formula is C15H21N5O. The second-order valence-corrected chi connectivity index (χ2v) is 5.58. The fraction of sp³-hybridized carbons (Fsp3) is 0.533. The zero-order valence-electron chi connectivity index (χ0n) is 12.5. The van der Waals surface area contributed by atoms with Crippen LogP contribution in [0.2, 0.25) is 0 Å². The molecule has 0 unspecified atom stereocenters. The summed E-state index contributed by atoms with van der Waals surface area (Å²) in [6.45, 7) is 5.36. The second kappa shape index (κ2) is 5.71. The largest absolute Gasteiger partial charge is 0.370 e. The summed E-state index contributed by atoms with van der Waals surface area (Å²) in [5.74, 6) is 1.50. The van der Waals surface area contributed by atoms with E-state index in [4.69, 9.17) is 0 Å². The lowest BCUT2D eigenvalue weighted by molar-refractivity contribution is 0.642. The number of nitrogens with zero attached hydrogens (tertiary/aromatic N) is 4. The second-order valence-electron chi connectivity index (χ2n) is 5.58. The topological polar surface area (TPSA) is 64.7 Å². The van der Waals surface area contributed by atoms with Gasteiger partial charge in [0.25, 0.3) is 0 Å². The Bertz CT molecular complexity index is 684. The summed E-state index contributed by atoms with van der Waals surface area (Å²) < 4.78 is 3.49. The molecule has 21 heavy (non-hydrogen) atoms. The van der Waals surface area contributed by atoms with Gasteiger partial charge in [-0.05, 0) is 26.2 Å². The Kier molecular flexibility index (Phi) is 3.77. The summed E-state index contributed by atoms with van der Waals surface area (Å²) in [5.41, 5.74) is 0.943. The predicted octanol–water partition coefficient (Wildman–Crippen LogP) is 1.95. The van der Waals surface area contributed by atoms with Crippen molar-refractivity contribution in [2.45, 2.75) is 45.7 Å². The van der Waals surface area contributed by atoms with E-state index in [1.54, 1.807) is 4.57 Å². The molecule has 3 rings (SSSR count). The molecule has 6 heteroatoms. The molecule has 1 aliphatic carbocycles. The highest BCUT2D eigenvalue weighted by atomic mass is 16.1. The monoisotopic (exact) mass is 287 g/mol. The number of aromatic nitrogens is 4. The van der Waals surface area contributed by atoms with Crippen molar-refractivity contribution in [3.63, 3.8) is 0 Å². The van der Waals surface area contributed by atoms with Crippen molar-refractivity contribution in [2.75, 3.05) is 11.9 Å². The minimum Gasteiger partial charge on any atom is -0.370 e. The van der Waals surface area contributed by atoms with Crippen molar-refractivity contribution < 1.29 is 0 Å². The number of imidazole rings is 1. The molecule has 0 spiro atoms. The van der Waals surface area contributed by atoms with Crippen LogP contribution in [0.5, 0.6) is 0 Å². The predicted molar refractivity (Wildman–Crippen MR) is 81.6 cm³/mol. The van der Waals surface area contributed by atoms with E-state index in [1.165, 1.54) is 0 Å². The molecule has 1 N–H and O–H groups in total. The lowest BCUT2D eigenvalue weighted by Crippen LogP contribution is -2.24. The Morgan fingerprint density at radius 1 is 1.33 bits per heavy atom. The third kappa shape index (κ3) is 3.15. The van der Waals surface area contributed by atoms with Crippen LogP contribution in [-0.2, 0) is 6.54 Å². The van der Waals surface area contributed by atoms with Gasteiger partial charge in [-0.2, -0.15) is 0 Å². The SMILES string of the molecule is CCCNc1cc(C)nc(Cn2ccn(C3CC3)c2=O)n1. The molecule has 1 saturated carbocycles. The molecule has 0 saturated heterocycles. The Hall–Kier alpha value is -2.11. The highest BCUT2D eigenvalue weighted by Gasteiger charge is 2.25. The van der Waals surface area contributed by atoms with Crippen molar-refractivity contribution in [3.8, 4) is 0 Å². The van der Waals surface area contributed by atoms with E-state index >= 15 is 0 Å². The molecule has 1 fully saturated rings. The van der Waals surface area contributed by atoms with Gasteiger partial charge in [-0.1, -0.05) is 6.92 Å². The first-order valence-electron chi connectivity index (χ1n) is 7.53. The number of rotatable bonds is 6. The Morgan fingerprint density at radius 3 is 2.86 bits per heavy atom. The van der Waals surface area contributed by atoms with E-state index in [9.17, 15) is 4.79 Å². The van der Waals surface area contributed by atoms with E-state index in [1.807, 2.05) is 30.0 Å². The summed E-state index contributed by atoms with van der Waals surface area (Å²) in [4.78, 5) is 21.2. The van der Waals surface area contributed by atoms with Crippen molar-refractivity contribution in [1.82, 2.24) is 19.1 Å². The number of hydrogen-bond donors (Lipinski definition) is 1. The molecule has 6 nitrogen and oxygen atoms in total. The summed E-state index contributed by atoms with van der Waals surface area (Å²) in [6, 6.07) is 2.33. The molecular weight excluding hydrogens is 266 g/mol. The highest BCUT2D eigenvalue weighted by molar-refractivity contribution is 5.35. The maximum Gasteiger partial charge on any atom is 0.328 e. The molecule has 1 aliphatic rings. The van der Waals surface area contributed by atoms with E-state index in [2.05, 4.69) is 22.2 Å².